The molecule has 8 aromatic rings. The van der Waals surface area contributed by atoms with Crippen LogP contribution in [0, 0.1) is 0 Å². The van der Waals surface area contributed by atoms with E-state index >= 15 is 0 Å². The number of hydrogen-bond donors (Lipinski definition) is 3. The molecule has 0 spiro atoms. The molecule has 6 heterocycles. The van der Waals surface area contributed by atoms with Gasteiger partial charge >= 0.3 is 12.2 Å². The lowest BCUT2D eigenvalue weighted by Crippen LogP contribution is -2.28. The van der Waals surface area contributed by atoms with Gasteiger partial charge in [-0.05, 0) is 126 Å². The highest BCUT2D eigenvalue weighted by Crippen LogP contribution is 2.37. The van der Waals surface area contributed by atoms with Gasteiger partial charge in [0.15, 0.2) is 5.78 Å². The molecule has 0 aliphatic rings. The van der Waals surface area contributed by atoms with Crippen molar-refractivity contribution >= 4 is 82.9 Å². The Hall–Kier alpha value is -5.57. The molecular weight excluding hydrogens is 761 g/mol. The predicted octanol–water partition coefficient (Wildman–Crippen LogP) is 11.3. The van der Waals surface area contributed by atoms with Crippen LogP contribution >= 0.6 is 22.7 Å². The minimum atomic E-state index is -0.793. The van der Waals surface area contributed by atoms with Gasteiger partial charge in [0.2, 0.25) is 0 Å². The average Bonchev–Trinajstić information content (AvgIpc) is 3.98. The molecule has 0 fully saturated rings. The van der Waals surface area contributed by atoms with E-state index in [0.717, 1.165) is 42.8 Å². The third-order valence-corrected chi connectivity index (χ3v) is 11.3. The summed E-state index contributed by atoms with van der Waals surface area (Å²) in [5.41, 5.74) is 5.44. The van der Waals surface area contributed by atoms with Crippen molar-refractivity contribution in [1.82, 2.24) is 29.5 Å². The first kappa shape index (κ1) is 39.7. The molecule has 3 N–H and O–H groups in total. The number of H-pyrrole nitrogens is 2. The third kappa shape index (κ3) is 7.89. The normalized spacial score (nSPS) is 13.2. The number of ether oxygens (including phenoxy) is 2. The highest BCUT2D eigenvalue weighted by atomic mass is 32.1. The zero-order valence-electron chi connectivity index (χ0n) is 33.4. The first-order chi connectivity index (χ1) is 26.9. The number of aromatic amines is 2. The zero-order chi connectivity index (χ0) is 41.0. The second kappa shape index (κ2) is 14.7. The minimum Gasteiger partial charge on any atom is -0.443 e. The Labute approximate surface area is 337 Å². The second-order valence-electron chi connectivity index (χ2n) is 16.1. The van der Waals surface area contributed by atoms with Crippen molar-refractivity contribution in [3.8, 4) is 22.8 Å². The topological polar surface area (TPSA) is 157 Å². The van der Waals surface area contributed by atoms with Gasteiger partial charge in [0.05, 0.1) is 42.9 Å². The van der Waals surface area contributed by atoms with E-state index in [-0.39, 0.29) is 5.78 Å². The number of hydrogen-bond acceptors (Lipinski definition) is 10. The van der Waals surface area contributed by atoms with E-state index in [1.807, 2.05) is 37.4 Å². The van der Waals surface area contributed by atoms with Gasteiger partial charge in [0.1, 0.15) is 22.6 Å². The molecule has 1 atom stereocenters. The average molecular weight is 807 g/mol. The number of benzene rings is 2. The van der Waals surface area contributed by atoms with E-state index in [1.165, 1.54) is 20.6 Å². The van der Waals surface area contributed by atoms with E-state index < -0.39 is 29.0 Å². The van der Waals surface area contributed by atoms with Crippen molar-refractivity contribution in [3.63, 3.8) is 0 Å². The highest BCUT2D eigenvalue weighted by molar-refractivity contribution is 7.18. The zero-order valence-corrected chi connectivity index (χ0v) is 35.1. The molecule has 0 saturated carbocycles. The largest absolute Gasteiger partial charge is 0.443 e. The van der Waals surface area contributed by atoms with Gasteiger partial charge in [-0.15, -0.1) is 22.7 Å². The predicted molar refractivity (Wildman–Crippen MR) is 228 cm³/mol. The fraction of sp³-hybridized carbons (Fsp3) is 0.326. The van der Waals surface area contributed by atoms with Gasteiger partial charge < -0.3 is 19.6 Å². The minimum absolute atomic E-state index is 0.00770. The molecule has 0 aliphatic heterocycles. The van der Waals surface area contributed by atoms with Gasteiger partial charge in [-0.3, -0.25) is 9.89 Å². The number of nitrogens with one attached hydrogen (secondary N) is 2. The molecule has 2 aromatic carbocycles. The maximum Gasteiger partial charge on any atom is 0.435 e. The number of nitrogens with zero attached hydrogens (tertiary/aromatic N) is 4. The molecular formula is C43H46N6O6S2. The molecule has 296 valence electrons. The molecule has 57 heavy (non-hydrogen) atoms. The van der Waals surface area contributed by atoms with Crippen molar-refractivity contribution in [2.45, 2.75) is 92.0 Å². The molecule has 1 unspecified atom stereocenters. The Kier molecular flexibility index (Phi) is 10.3. The fourth-order valence-electron chi connectivity index (χ4n) is 6.46. The number of ketones is 1. The van der Waals surface area contributed by atoms with Gasteiger partial charge in [0.25, 0.3) is 0 Å². The van der Waals surface area contributed by atoms with Crippen LogP contribution < -0.4 is 0 Å². The summed E-state index contributed by atoms with van der Waals surface area (Å²) in [7, 11) is 0. The van der Waals surface area contributed by atoms with Gasteiger partial charge in [0, 0.05) is 28.3 Å². The summed E-state index contributed by atoms with van der Waals surface area (Å²) in [6.07, 6.45) is -0.122. The van der Waals surface area contributed by atoms with E-state index in [0.29, 0.717) is 46.2 Å². The molecule has 0 amide bonds. The fourth-order valence-corrected chi connectivity index (χ4v) is 8.17. The standard InChI is InChI=1S/C26H29N3O5S.C17H17N3OS/c1-8-20(30)15-9-10-17-16(13-15)14-19(28(17)23(31)33-25(2,3)4)21-22-18(11-12-35-22)29(27-21)24(32)34-26(5,6)7;1-3-17(2,21)11-4-5-12-10(8-11)9-14(18-12)15-16-13(19-20-15)6-7-22-16/h9-14H,8H2,1-7H3;4-9,18,21H,3H2,1-2H3,(H,19,20). The first-order valence-corrected chi connectivity index (χ1v) is 20.5. The summed E-state index contributed by atoms with van der Waals surface area (Å²) >= 11 is 3.09. The monoisotopic (exact) mass is 806 g/mol. The van der Waals surface area contributed by atoms with Crippen molar-refractivity contribution in [2.24, 2.45) is 0 Å². The number of rotatable bonds is 6. The van der Waals surface area contributed by atoms with Crippen LogP contribution in [0.25, 0.3) is 65.0 Å². The third-order valence-electron chi connectivity index (χ3n) is 9.47. The molecule has 8 rings (SSSR count). The van der Waals surface area contributed by atoms with Crippen molar-refractivity contribution < 1.29 is 29.0 Å². The Morgan fingerprint density at radius 3 is 2.16 bits per heavy atom. The van der Waals surface area contributed by atoms with E-state index in [4.69, 9.17) is 9.47 Å². The smallest absolute Gasteiger partial charge is 0.435 e. The summed E-state index contributed by atoms with van der Waals surface area (Å²) < 4.78 is 15.8. The lowest BCUT2D eigenvalue weighted by atomic mass is 9.92. The summed E-state index contributed by atoms with van der Waals surface area (Å²) in [5, 5.41) is 28.2. The van der Waals surface area contributed by atoms with E-state index in [1.54, 1.807) is 90.1 Å². The number of fused-ring (bicyclic) bond motifs is 4. The molecule has 0 saturated heterocycles. The number of Topliss-reactive ketones (excluding diaryl/α,β-unsaturated/α-hetero) is 1. The lowest BCUT2D eigenvalue weighted by molar-refractivity contribution is 0.0519. The van der Waals surface area contributed by atoms with Crippen LogP contribution in [-0.4, -0.2) is 63.8 Å². The van der Waals surface area contributed by atoms with E-state index in [2.05, 4.69) is 37.8 Å². The van der Waals surface area contributed by atoms with Crippen LogP contribution in [-0.2, 0) is 15.1 Å². The number of thiophene rings is 2. The van der Waals surface area contributed by atoms with Crippen LogP contribution in [0.1, 0.15) is 91.1 Å². The van der Waals surface area contributed by atoms with Gasteiger partial charge in [-0.2, -0.15) is 14.9 Å². The summed E-state index contributed by atoms with van der Waals surface area (Å²) in [4.78, 5) is 42.0. The molecule has 0 bridgehead atoms. The van der Waals surface area contributed by atoms with Crippen molar-refractivity contribution in [1.29, 1.82) is 0 Å². The summed E-state index contributed by atoms with van der Waals surface area (Å²) in [6, 6.07) is 19.0. The molecule has 0 aliphatic carbocycles. The summed E-state index contributed by atoms with van der Waals surface area (Å²) in [5.74, 6) is 0.00770. The van der Waals surface area contributed by atoms with E-state index in [9.17, 15) is 19.5 Å². The maximum atomic E-state index is 13.4. The second-order valence-corrected chi connectivity index (χ2v) is 18.0. The number of carbonyl (C=O) groups is 3. The number of aromatic nitrogens is 6. The van der Waals surface area contributed by atoms with Crippen molar-refractivity contribution in [3.05, 3.63) is 82.6 Å². The Balaban J connectivity index is 0.000000192. The Morgan fingerprint density at radius 2 is 1.46 bits per heavy atom. The molecule has 12 nitrogen and oxygen atoms in total. The number of carbonyl (C=O) groups excluding carboxylic acids is 3. The first-order valence-electron chi connectivity index (χ1n) is 18.8. The quantitative estimate of drug-likeness (QED) is 0.140. The van der Waals surface area contributed by atoms with Crippen LogP contribution in [0.5, 0.6) is 0 Å². The summed E-state index contributed by atoms with van der Waals surface area (Å²) in [6.45, 7) is 16.4. The number of aliphatic hydroxyl groups is 1. The Morgan fingerprint density at radius 1 is 0.754 bits per heavy atom. The lowest BCUT2D eigenvalue weighted by Gasteiger charge is -2.21. The van der Waals surface area contributed by atoms with Crippen LogP contribution in [0.4, 0.5) is 9.59 Å². The van der Waals surface area contributed by atoms with Crippen LogP contribution in [0.3, 0.4) is 0 Å². The Bertz CT molecular complexity index is 2800. The SMILES string of the molecule is CCC(=O)c1ccc2c(c1)cc(-c1nn(C(=O)OC(C)(C)C)c3ccsc13)n2C(=O)OC(C)(C)C.CCC(C)(O)c1ccc2[nH]c(-c3n[nH]c4ccsc34)cc2c1. The van der Waals surface area contributed by atoms with Gasteiger partial charge in [-0.25, -0.2) is 14.2 Å². The van der Waals surface area contributed by atoms with Gasteiger partial charge in [-0.1, -0.05) is 19.9 Å². The highest BCUT2D eigenvalue weighted by Gasteiger charge is 2.29. The van der Waals surface area contributed by atoms with Crippen molar-refractivity contribution in [2.75, 3.05) is 0 Å². The molecule has 0 radical (unpaired) electrons. The van der Waals surface area contributed by atoms with Crippen LogP contribution in [0.15, 0.2) is 71.4 Å². The maximum absolute atomic E-state index is 13.4. The molecule has 14 heteroatoms. The molecule has 6 aromatic heterocycles. The van der Waals surface area contributed by atoms with Crippen LogP contribution in [0.2, 0.25) is 0 Å².